The number of carbonyl (C=O) groups is 4. The molecule has 4 aromatic rings. The highest BCUT2D eigenvalue weighted by Gasteiger charge is 2.35. The van der Waals surface area contributed by atoms with Gasteiger partial charge in [0.25, 0.3) is 35.0 Å². The van der Waals surface area contributed by atoms with Crippen molar-refractivity contribution < 1.29 is 29.0 Å². The molecule has 2 aliphatic rings. The molecule has 4 aromatic carbocycles. The van der Waals surface area contributed by atoms with Crippen LogP contribution < -0.4 is 0 Å². The van der Waals surface area contributed by atoms with Crippen LogP contribution >= 0.6 is 0 Å². The fraction of sp³-hybridized carbons (Fsp3) is 0.200. The summed E-state index contributed by atoms with van der Waals surface area (Å²) in [6.45, 7) is 0.306. The number of hydrogen-bond donors (Lipinski definition) is 0. The standard InChI is InChI=1S/C30H22N4O8/c35-27-19-9-5-7-17-23(33(39)40)13-11-21(25(17)19)29(37)31(27)15-3-1-2-4-16-32-28(36)20-10-6-8-18-24(34(41)42)14-12-22(26(18)20)30(32)38/h5-14H,1-4,15-16H2. The number of rotatable bonds is 9. The maximum atomic E-state index is 13.1. The smallest absolute Gasteiger partial charge is 0.274 e. The van der Waals surface area contributed by atoms with Gasteiger partial charge in [0.1, 0.15) is 0 Å². The topological polar surface area (TPSA) is 161 Å². The average molecular weight is 567 g/mol. The third-order valence-corrected chi connectivity index (χ3v) is 7.84. The summed E-state index contributed by atoms with van der Waals surface area (Å²) in [6.07, 6.45) is 2.21. The minimum atomic E-state index is -0.541. The van der Waals surface area contributed by atoms with Crippen molar-refractivity contribution in [1.82, 2.24) is 9.80 Å². The molecule has 2 aliphatic heterocycles. The van der Waals surface area contributed by atoms with E-state index in [0.717, 1.165) is 9.80 Å². The lowest BCUT2D eigenvalue weighted by atomic mass is 9.92. The highest BCUT2D eigenvalue weighted by Crippen LogP contribution is 2.37. The number of nitrogens with zero attached hydrogens (tertiary/aromatic N) is 4. The van der Waals surface area contributed by atoms with Gasteiger partial charge in [0.15, 0.2) is 0 Å². The molecule has 0 radical (unpaired) electrons. The number of hydrogen-bond acceptors (Lipinski definition) is 8. The Morgan fingerprint density at radius 2 is 0.857 bits per heavy atom. The van der Waals surface area contributed by atoms with E-state index in [1.54, 1.807) is 24.3 Å². The van der Waals surface area contributed by atoms with Gasteiger partial charge in [-0.15, -0.1) is 0 Å². The fourth-order valence-corrected chi connectivity index (χ4v) is 5.88. The lowest BCUT2D eigenvalue weighted by Crippen LogP contribution is -2.41. The van der Waals surface area contributed by atoms with Crippen molar-refractivity contribution in [3.63, 3.8) is 0 Å². The Balaban J connectivity index is 1.09. The first-order chi connectivity index (χ1) is 20.2. The van der Waals surface area contributed by atoms with Gasteiger partial charge in [-0.3, -0.25) is 49.2 Å². The molecule has 0 atom stereocenters. The minimum Gasteiger partial charge on any atom is -0.274 e. The van der Waals surface area contributed by atoms with Gasteiger partial charge in [-0.05, 0) is 49.2 Å². The molecular formula is C30H22N4O8. The third kappa shape index (κ3) is 4.07. The number of amides is 4. The molecule has 4 amide bonds. The molecule has 12 heteroatoms. The predicted octanol–water partition coefficient (Wildman–Crippen LogP) is 5.26. The Morgan fingerprint density at radius 3 is 1.21 bits per heavy atom. The van der Waals surface area contributed by atoms with E-state index in [-0.39, 0.29) is 57.5 Å². The van der Waals surface area contributed by atoms with E-state index in [4.69, 9.17) is 0 Å². The number of non-ortho nitro benzene ring substituents is 2. The van der Waals surface area contributed by atoms with E-state index in [2.05, 4.69) is 0 Å². The number of carbonyl (C=O) groups excluding carboxylic acids is 4. The van der Waals surface area contributed by atoms with Crippen molar-refractivity contribution >= 4 is 56.5 Å². The van der Waals surface area contributed by atoms with E-state index in [1.165, 1.54) is 36.4 Å². The van der Waals surface area contributed by atoms with Gasteiger partial charge >= 0.3 is 0 Å². The second-order valence-corrected chi connectivity index (χ2v) is 10.2. The lowest BCUT2D eigenvalue weighted by Gasteiger charge is -2.27. The molecule has 0 bridgehead atoms. The molecule has 2 heterocycles. The Hall–Kier alpha value is -5.52. The lowest BCUT2D eigenvalue weighted by molar-refractivity contribution is -0.383. The van der Waals surface area contributed by atoms with E-state index < -0.39 is 33.5 Å². The highest BCUT2D eigenvalue weighted by atomic mass is 16.6. The first-order valence-corrected chi connectivity index (χ1v) is 13.3. The predicted molar refractivity (Wildman–Crippen MR) is 150 cm³/mol. The van der Waals surface area contributed by atoms with Crippen LogP contribution in [0, 0.1) is 20.2 Å². The van der Waals surface area contributed by atoms with Crippen molar-refractivity contribution in [2.45, 2.75) is 25.7 Å². The first-order valence-electron chi connectivity index (χ1n) is 13.3. The van der Waals surface area contributed by atoms with Crippen LogP contribution in [0.3, 0.4) is 0 Å². The molecule has 6 rings (SSSR count). The van der Waals surface area contributed by atoms with Crippen LogP contribution in [0.4, 0.5) is 11.4 Å². The summed E-state index contributed by atoms with van der Waals surface area (Å²) in [5.74, 6) is -2.01. The number of nitro benzene ring substituents is 2. The first kappa shape index (κ1) is 26.7. The molecule has 0 saturated carbocycles. The Labute approximate surface area is 237 Å². The third-order valence-electron chi connectivity index (χ3n) is 7.84. The number of benzene rings is 4. The fourth-order valence-electron chi connectivity index (χ4n) is 5.88. The zero-order chi connectivity index (χ0) is 29.7. The van der Waals surface area contributed by atoms with Gasteiger partial charge in [0.05, 0.1) is 20.6 Å². The molecule has 0 aliphatic carbocycles. The molecule has 12 nitrogen and oxygen atoms in total. The van der Waals surface area contributed by atoms with Gasteiger partial charge in [-0.25, -0.2) is 0 Å². The number of nitro groups is 2. The quantitative estimate of drug-likeness (QED) is 0.115. The number of unbranched alkanes of at least 4 members (excludes halogenated alkanes) is 3. The maximum Gasteiger partial charge on any atom is 0.277 e. The second kappa shape index (κ2) is 10.1. The summed E-state index contributed by atoms with van der Waals surface area (Å²) in [5, 5.41) is 23.9. The molecule has 0 N–H and O–H groups in total. The molecule has 0 aromatic heterocycles. The Morgan fingerprint density at radius 1 is 0.500 bits per heavy atom. The van der Waals surface area contributed by atoms with Crippen LogP contribution in [0.5, 0.6) is 0 Å². The van der Waals surface area contributed by atoms with Crippen LogP contribution in [0.25, 0.3) is 21.5 Å². The summed E-state index contributed by atoms with van der Waals surface area (Å²) >= 11 is 0. The molecule has 210 valence electrons. The molecule has 0 fully saturated rings. The highest BCUT2D eigenvalue weighted by molar-refractivity contribution is 6.27. The van der Waals surface area contributed by atoms with Crippen LogP contribution in [-0.4, -0.2) is 56.4 Å². The van der Waals surface area contributed by atoms with Crippen LogP contribution in [0.15, 0.2) is 60.7 Å². The normalized spacial score (nSPS) is 14.3. The molecule has 42 heavy (non-hydrogen) atoms. The molecule has 0 unspecified atom stereocenters. The summed E-state index contributed by atoms with van der Waals surface area (Å²) in [5.41, 5.74) is 0.637. The van der Waals surface area contributed by atoms with Crippen molar-refractivity contribution in [3.05, 3.63) is 103 Å². The Bertz CT molecular complexity index is 1720. The van der Waals surface area contributed by atoms with Crippen molar-refractivity contribution in [2.24, 2.45) is 0 Å². The van der Waals surface area contributed by atoms with Crippen molar-refractivity contribution in [2.75, 3.05) is 13.1 Å². The summed E-state index contributed by atoms with van der Waals surface area (Å²) in [7, 11) is 0. The van der Waals surface area contributed by atoms with Gasteiger partial charge < -0.3 is 0 Å². The summed E-state index contributed by atoms with van der Waals surface area (Å²) < 4.78 is 0. The summed E-state index contributed by atoms with van der Waals surface area (Å²) in [4.78, 5) is 76.7. The number of imide groups is 2. The Kier molecular flexibility index (Phi) is 6.45. The molecule has 0 spiro atoms. The van der Waals surface area contributed by atoms with Gasteiger partial charge in [0.2, 0.25) is 0 Å². The van der Waals surface area contributed by atoms with E-state index in [1.807, 2.05) is 0 Å². The largest absolute Gasteiger partial charge is 0.277 e. The minimum absolute atomic E-state index is 0.153. The molecular weight excluding hydrogens is 544 g/mol. The van der Waals surface area contributed by atoms with Gasteiger partial charge in [-0.1, -0.05) is 25.0 Å². The van der Waals surface area contributed by atoms with E-state index >= 15 is 0 Å². The SMILES string of the molecule is O=C1c2cccc3c([N+](=O)[O-])ccc(c23)C(=O)N1CCCCCCN1C(=O)c2cccc3c([N+](=O)[O-])ccc(c23)C1=O. The second-order valence-electron chi connectivity index (χ2n) is 10.2. The van der Waals surface area contributed by atoms with Crippen LogP contribution in [-0.2, 0) is 0 Å². The van der Waals surface area contributed by atoms with Crippen LogP contribution in [0.1, 0.15) is 67.1 Å². The zero-order valence-electron chi connectivity index (χ0n) is 22.1. The van der Waals surface area contributed by atoms with E-state index in [9.17, 15) is 39.4 Å². The van der Waals surface area contributed by atoms with Gasteiger partial charge in [0, 0.05) is 58.2 Å². The summed E-state index contributed by atoms with van der Waals surface area (Å²) in [6, 6.07) is 14.6. The zero-order valence-corrected chi connectivity index (χ0v) is 22.1. The van der Waals surface area contributed by atoms with Crippen LogP contribution in [0.2, 0.25) is 0 Å². The van der Waals surface area contributed by atoms with Crippen molar-refractivity contribution in [1.29, 1.82) is 0 Å². The van der Waals surface area contributed by atoms with E-state index in [0.29, 0.717) is 36.5 Å². The van der Waals surface area contributed by atoms with Gasteiger partial charge in [-0.2, -0.15) is 0 Å². The maximum absolute atomic E-state index is 13.1. The molecule has 0 saturated heterocycles. The monoisotopic (exact) mass is 566 g/mol. The van der Waals surface area contributed by atoms with Crippen molar-refractivity contribution in [3.8, 4) is 0 Å². The average Bonchev–Trinajstić information content (AvgIpc) is 2.98.